The Hall–Kier alpha value is -6.09. The largest absolute Gasteiger partial charge is 0.444 e. The van der Waals surface area contributed by atoms with E-state index in [9.17, 15) is 19.8 Å². The highest BCUT2D eigenvalue weighted by atomic mass is 16.6. The lowest BCUT2D eigenvalue weighted by Crippen LogP contribution is -2.65. The number of aryl methyl sites for hydroxylation is 2. The van der Waals surface area contributed by atoms with Crippen molar-refractivity contribution < 1.29 is 34.1 Å². The van der Waals surface area contributed by atoms with E-state index in [2.05, 4.69) is 20.3 Å². The van der Waals surface area contributed by atoms with Gasteiger partial charge in [-0.3, -0.25) is 4.79 Å². The number of imide groups is 1. The Balaban J connectivity index is 1.49. The fourth-order valence-electron chi connectivity index (χ4n) is 7.89. The zero-order chi connectivity index (χ0) is 45.4. The number of alkyl carbamates (subject to hydrolysis) is 1. The molecule has 63 heavy (non-hydrogen) atoms. The van der Waals surface area contributed by atoms with Gasteiger partial charge in [-0.25, -0.2) is 24.5 Å². The fourth-order valence-corrected chi connectivity index (χ4v) is 7.89. The molecule has 2 unspecified atom stereocenters. The Labute approximate surface area is 368 Å². The van der Waals surface area contributed by atoms with Crippen molar-refractivity contribution in [2.45, 2.75) is 115 Å². The number of ether oxygens (including phenoxy) is 2. The number of aliphatic hydroxyl groups excluding tert-OH is 2. The lowest BCUT2D eigenvalue weighted by Gasteiger charge is -2.44. The summed E-state index contributed by atoms with van der Waals surface area (Å²) in [7, 11) is 0. The van der Waals surface area contributed by atoms with Gasteiger partial charge < -0.3 is 40.7 Å². The highest BCUT2D eigenvalue weighted by Gasteiger charge is 2.52. The normalized spacial score (nSPS) is 14.9. The molecule has 5 atom stereocenters. The summed E-state index contributed by atoms with van der Waals surface area (Å²) in [5.74, 6) is -1.64. The Kier molecular flexibility index (Phi) is 14.7. The summed E-state index contributed by atoms with van der Waals surface area (Å²) >= 11 is 0. The van der Waals surface area contributed by atoms with Crippen LogP contribution in [0, 0.1) is 5.92 Å². The zero-order valence-corrected chi connectivity index (χ0v) is 37.0. The minimum atomic E-state index is -2.04. The molecular formula is C49H61N7O7. The van der Waals surface area contributed by atoms with Gasteiger partial charge in [0.2, 0.25) is 0 Å². The lowest BCUT2D eigenvalue weighted by molar-refractivity contribution is -0.146. The number of hydrogen-bond acceptors (Lipinski definition) is 10. The zero-order valence-electron chi connectivity index (χ0n) is 37.0. The molecule has 6 rings (SSSR count). The van der Waals surface area contributed by atoms with Crippen LogP contribution in [0.5, 0.6) is 0 Å². The number of benzene rings is 4. The van der Waals surface area contributed by atoms with Gasteiger partial charge in [0.15, 0.2) is 0 Å². The maximum absolute atomic E-state index is 16.0. The second kappa shape index (κ2) is 20.0. The van der Waals surface area contributed by atoms with Gasteiger partial charge in [-0.2, -0.15) is 0 Å². The summed E-state index contributed by atoms with van der Waals surface area (Å²) in [6, 6.07) is 32.5. The number of carbonyl (C=O) groups excluding carboxylic acids is 3. The van der Waals surface area contributed by atoms with Crippen LogP contribution in [0.2, 0.25) is 0 Å². The van der Waals surface area contributed by atoms with E-state index < -0.39 is 59.0 Å². The molecule has 7 N–H and O–H groups in total. The molecule has 14 heteroatoms. The molecule has 0 spiro atoms. The summed E-state index contributed by atoms with van der Waals surface area (Å²) in [6.45, 7) is 10.4. The van der Waals surface area contributed by atoms with Crippen LogP contribution in [-0.4, -0.2) is 82.5 Å². The molecular weight excluding hydrogens is 799 g/mol. The van der Waals surface area contributed by atoms with Crippen LogP contribution in [0.1, 0.15) is 102 Å². The molecule has 0 aliphatic carbocycles. The number of hydrogen-bond donors (Lipinski definition) is 6. The first kappa shape index (κ1) is 46.4. The summed E-state index contributed by atoms with van der Waals surface area (Å²) in [4.78, 5) is 60.4. The van der Waals surface area contributed by atoms with Crippen LogP contribution < -0.4 is 11.1 Å². The van der Waals surface area contributed by atoms with E-state index in [4.69, 9.17) is 20.2 Å². The van der Waals surface area contributed by atoms with Crippen LogP contribution >= 0.6 is 0 Å². The molecule has 0 aliphatic rings. The number of imidazole rings is 2. The number of aliphatic hydroxyl groups is 2. The predicted molar refractivity (Wildman–Crippen MR) is 242 cm³/mol. The molecule has 0 saturated carbocycles. The van der Waals surface area contributed by atoms with Gasteiger partial charge in [0.25, 0.3) is 5.91 Å². The van der Waals surface area contributed by atoms with Crippen molar-refractivity contribution in [1.29, 1.82) is 0 Å². The summed E-state index contributed by atoms with van der Waals surface area (Å²) < 4.78 is 11.5. The van der Waals surface area contributed by atoms with Gasteiger partial charge in [0, 0.05) is 12.5 Å². The van der Waals surface area contributed by atoms with Crippen LogP contribution in [0.25, 0.3) is 22.1 Å². The number of carbonyl (C=O) groups is 3. The molecule has 0 radical (unpaired) electrons. The van der Waals surface area contributed by atoms with Crippen molar-refractivity contribution in [3.63, 3.8) is 0 Å². The topological polar surface area (TPSA) is 209 Å². The van der Waals surface area contributed by atoms with Crippen LogP contribution in [0.15, 0.2) is 109 Å². The third kappa shape index (κ3) is 12.1. The van der Waals surface area contributed by atoms with Gasteiger partial charge >= 0.3 is 12.2 Å². The Morgan fingerprint density at radius 2 is 1.16 bits per heavy atom. The average Bonchev–Trinajstić information content (AvgIpc) is 3.88. The highest BCUT2D eigenvalue weighted by molar-refractivity contribution is 5.98. The van der Waals surface area contributed by atoms with Crippen molar-refractivity contribution in [2.75, 3.05) is 6.54 Å². The highest BCUT2D eigenvalue weighted by Crippen LogP contribution is 2.39. The number of aromatic nitrogens is 4. The van der Waals surface area contributed by atoms with E-state index in [1.165, 1.54) is 0 Å². The van der Waals surface area contributed by atoms with E-state index in [0.717, 1.165) is 16.0 Å². The molecule has 0 bridgehead atoms. The number of rotatable bonds is 17. The minimum absolute atomic E-state index is 0.0543. The number of nitrogens with one attached hydrogen (secondary N) is 3. The van der Waals surface area contributed by atoms with Crippen LogP contribution in [0.4, 0.5) is 9.59 Å². The van der Waals surface area contributed by atoms with E-state index in [0.29, 0.717) is 34.9 Å². The number of nitrogens with two attached hydrogens (primary N) is 1. The average molecular weight is 860 g/mol. The molecule has 4 aromatic carbocycles. The van der Waals surface area contributed by atoms with Crippen molar-refractivity contribution in [2.24, 2.45) is 11.7 Å². The Morgan fingerprint density at radius 1 is 0.683 bits per heavy atom. The molecule has 334 valence electrons. The maximum atomic E-state index is 16.0. The number of fused-ring (bicyclic) bond motifs is 2. The molecule has 14 nitrogen and oxygen atoms in total. The monoisotopic (exact) mass is 859 g/mol. The number of nitrogens with zero attached hydrogens (tertiary/aromatic N) is 3. The fraction of sp³-hybridized carbons (Fsp3) is 0.408. The third-order valence-corrected chi connectivity index (χ3v) is 10.9. The first-order valence-corrected chi connectivity index (χ1v) is 21.6. The second-order valence-electron chi connectivity index (χ2n) is 18.1. The molecule has 3 amide bonds. The summed E-state index contributed by atoms with van der Waals surface area (Å²) in [5.41, 5.74) is 8.10. The van der Waals surface area contributed by atoms with E-state index in [-0.39, 0.29) is 43.9 Å². The lowest BCUT2D eigenvalue weighted by atomic mass is 9.73. The van der Waals surface area contributed by atoms with Gasteiger partial charge in [0.05, 0.1) is 28.1 Å². The van der Waals surface area contributed by atoms with Crippen molar-refractivity contribution >= 4 is 40.2 Å². The van der Waals surface area contributed by atoms with Crippen molar-refractivity contribution in [3.8, 4) is 0 Å². The van der Waals surface area contributed by atoms with Crippen molar-refractivity contribution in [1.82, 2.24) is 30.2 Å². The van der Waals surface area contributed by atoms with E-state index >= 15 is 4.79 Å². The second-order valence-corrected chi connectivity index (χ2v) is 18.1. The van der Waals surface area contributed by atoms with E-state index in [1.54, 1.807) is 47.6 Å². The van der Waals surface area contributed by atoms with E-state index in [1.807, 2.05) is 103 Å². The first-order chi connectivity index (χ1) is 29.9. The molecule has 6 aromatic rings. The number of para-hydroxylation sites is 4. The third-order valence-electron chi connectivity index (χ3n) is 10.9. The predicted octanol–water partition coefficient (Wildman–Crippen LogP) is 8.22. The van der Waals surface area contributed by atoms with Gasteiger partial charge in [-0.05, 0) is 115 Å². The molecule has 2 heterocycles. The summed E-state index contributed by atoms with van der Waals surface area (Å²) in [6.07, 6.45) is -3.62. The Morgan fingerprint density at radius 3 is 1.67 bits per heavy atom. The SMILES string of the molecule is CC(C)(C)OC(=O)NCCC[C@](N)(C(=O)N(C(=O)OC(C)(C)C)[C@H](CCc1ccccc1)C(O)c1nc2ccccc2[nH]1)[C@@H](CCc1ccccc1)C(O)c1nc2ccccc2[nH]1. The van der Waals surface area contributed by atoms with Crippen LogP contribution in [-0.2, 0) is 27.1 Å². The van der Waals surface area contributed by atoms with Crippen molar-refractivity contribution in [3.05, 3.63) is 132 Å². The number of H-pyrrole nitrogens is 2. The van der Waals surface area contributed by atoms with Gasteiger partial charge in [-0.1, -0.05) is 84.9 Å². The minimum Gasteiger partial charge on any atom is -0.444 e. The summed E-state index contributed by atoms with van der Waals surface area (Å²) in [5, 5.41) is 27.8. The number of aromatic amines is 2. The maximum Gasteiger partial charge on any atom is 0.417 e. The smallest absolute Gasteiger partial charge is 0.417 e. The Bertz CT molecular complexity index is 2370. The first-order valence-electron chi connectivity index (χ1n) is 21.6. The molecule has 2 aromatic heterocycles. The van der Waals surface area contributed by atoms with Gasteiger partial charge in [0.1, 0.15) is 40.6 Å². The standard InChI is InChI=1S/C49H61N7O7/c1-47(2,3)62-45(60)51-31-17-30-49(50,34(28-26-32-18-9-7-10-19-32)40(57)42-52-35-22-13-14-23-36(35)53-42)44(59)56(46(61)63-48(4,5)6)39(29-27-33-20-11-8-12-21-33)41(58)43-54-37-24-15-16-25-38(37)55-43/h7-16,18-25,34,39-41,57-58H,17,26-31,50H2,1-6H3,(H,51,60)(H,52,53)(H,54,55)/t34-,39+,40?,41?,49+/m0/s1. The quantitative estimate of drug-likeness (QED) is 0.0484. The molecule has 0 saturated heterocycles. The molecule has 0 fully saturated rings. The molecule has 0 aliphatic heterocycles. The van der Waals surface area contributed by atoms with Crippen LogP contribution in [0.3, 0.4) is 0 Å². The number of amides is 3. The van der Waals surface area contributed by atoms with Gasteiger partial charge in [-0.15, -0.1) is 0 Å².